The smallest absolute Gasteiger partial charge is 0.267 e. The molecule has 0 bridgehead atoms. The van der Waals surface area contributed by atoms with Crippen molar-refractivity contribution >= 4 is 50.4 Å². The van der Waals surface area contributed by atoms with Crippen molar-refractivity contribution in [2.24, 2.45) is 4.74 Å². The second kappa shape index (κ2) is 5.15. The van der Waals surface area contributed by atoms with Gasteiger partial charge < -0.3 is 0 Å². The Balaban J connectivity index is 3.00. The maximum absolute atomic E-state index is 11.4. The largest absolute Gasteiger partial charge is 0.278 e. The zero-order valence-electron chi connectivity index (χ0n) is 7.51. The van der Waals surface area contributed by atoms with Gasteiger partial charge in [0.1, 0.15) is 0 Å². The van der Waals surface area contributed by atoms with Gasteiger partial charge in [0, 0.05) is 17.7 Å². The van der Waals surface area contributed by atoms with Crippen LogP contribution in [0.3, 0.4) is 0 Å². The summed E-state index contributed by atoms with van der Waals surface area (Å²) in [6, 6.07) is 4.87. The first kappa shape index (κ1) is 13.5. The monoisotopic (exact) mass is 300 g/mol. The highest BCUT2D eigenvalue weighted by molar-refractivity contribution is 8.26. The molecule has 0 fully saturated rings. The number of rotatable bonds is 2. The van der Waals surface area contributed by atoms with Crippen LogP contribution in [0.5, 0.6) is 0 Å². The normalized spacial score (nSPS) is 10.9. The molecule has 9 heteroatoms. The van der Waals surface area contributed by atoms with Crippen LogP contribution in [0.25, 0.3) is 0 Å². The van der Waals surface area contributed by atoms with Crippen molar-refractivity contribution in [1.82, 2.24) is 0 Å². The van der Waals surface area contributed by atoms with Gasteiger partial charge in [0.05, 0.1) is 4.92 Å². The Bertz CT molecular complexity index is 474. The van der Waals surface area contributed by atoms with E-state index < -0.39 is 15.9 Å². The fourth-order valence-electron chi connectivity index (χ4n) is 0.886. The Labute approximate surface area is 105 Å². The molecule has 1 aromatic carbocycles. The van der Waals surface area contributed by atoms with E-state index in [4.69, 9.17) is 33.7 Å². The van der Waals surface area contributed by atoms with Crippen molar-refractivity contribution in [2.45, 2.75) is 0 Å². The Morgan fingerprint density at radius 2 is 1.75 bits per heavy atom. The fourth-order valence-corrected chi connectivity index (χ4v) is 1.83. The molecule has 5 nitrogen and oxygen atoms in total. The number of hydrogen-bond donors (Lipinski definition) is 0. The van der Waals surface area contributed by atoms with Crippen LogP contribution in [-0.2, 0) is 0 Å². The van der Waals surface area contributed by atoms with Gasteiger partial charge in [-0.1, -0.05) is 0 Å². The molecule has 16 heavy (non-hydrogen) atoms. The van der Waals surface area contributed by atoms with Crippen LogP contribution in [0.4, 0.5) is 5.69 Å². The summed E-state index contributed by atoms with van der Waals surface area (Å²) in [7, 11) is 0. The third kappa shape index (κ3) is 4.10. The van der Waals surface area contributed by atoms with Gasteiger partial charge >= 0.3 is 0 Å². The molecule has 0 unspecified atom stereocenters. The first-order valence-electron chi connectivity index (χ1n) is 3.79. The van der Waals surface area contributed by atoms with E-state index in [1.54, 1.807) is 0 Å². The summed E-state index contributed by atoms with van der Waals surface area (Å²) >= 11 is 16.2. The minimum absolute atomic E-state index is 0.125. The van der Waals surface area contributed by atoms with Crippen LogP contribution >= 0.6 is 38.8 Å². The summed E-state index contributed by atoms with van der Waals surface area (Å²) < 4.78 is 3.35. The molecular formula is C7H4Cl3N2O3P. The standard InChI is InChI=1S/C7H4Cl3N2O3P/c8-16(9,10)11-7(13)5-1-3-6(4-2-5)12(14)15/h1-4H. The molecule has 0 atom stereocenters. The molecule has 0 aliphatic rings. The molecule has 86 valence electrons. The van der Waals surface area contributed by atoms with Gasteiger partial charge in [0.2, 0.25) is 5.11 Å². The van der Waals surface area contributed by atoms with Crippen LogP contribution in [0, 0.1) is 10.1 Å². The van der Waals surface area contributed by atoms with E-state index in [9.17, 15) is 14.9 Å². The number of benzene rings is 1. The minimum Gasteiger partial charge on any atom is -0.267 e. The van der Waals surface area contributed by atoms with Gasteiger partial charge in [0.15, 0.2) is 0 Å². The molecular weight excluding hydrogens is 297 g/mol. The highest BCUT2D eigenvalue weighted by Crippen LogP contribution is 2.65. The van der Waals surface area contributed by atoms with E-state index in [-0.39, 0.29) is 11.3 Å². The van der Waals surface area contributed by atoms with E-state index in [1.165, 1.54) is 24.3 Å². The van der Waals surface area contributed by atoms with Gasteiger partial charge in [-0.25, -0.2) is 0 Å². The summed E-state index contributed by atoms with van der Waals surface area (Å²) in [5.41, 5.74) is 0.0113. The van der Waals surface area contributed by atoms with Crippen molar-refractivity contribution in [1.29, 1.82) is 0 Å². The first-order chi connectivity index (χ1) is 7.29. The molecule has 0 aliphatic heterocycles. The molecule has 0 saturated carbocycles. The number of non-ortho nitro benzene ring substituents is 1. The highest BCUT2D eigenvalue weighted by Gasteiger charge is 2.13. The fraction of sp³-hybridized carbons (Fsp3) is 0. The van der Waals surface area contributed by atoms with Crippen molar-refractivity contribution in [3.63, 3.8) is 0 Å². The lowest BCUT2D eigenvalue weighted by Gasteiger charge is -1.98. The number of carbonyl (C=O) groups is 1. The third-order valence-corrected chi connectivity index (χ3v) is 2.62. The van der Waals surface area contributed by atoms with E-state index >= 15 is 0 Å². The number of carbonyl (C=O) groups excluding carboxylic acids is 1. The van der Waals surface area contributed by atoms with Crippen LogP contribution in [0.2, 0.25) is 0 Å². The summed E-state index contributed by atoms with van der Waals surface area (Å²) in [5.74, 6) is -0.705. The molecule has 0 aromatic heterocycles. The zero-order chi connectivity index (χ0) is 12.3. The lowest BCUT2D eigenvalue weighted by Crippen LogP contribution is -1.94. The molecule has 0 N–H and O–H groups in total. The Kier molecular flexibility index (Phi) is 4.33. The van der Waals surface area contributed by atoms with E-state index in [2.05, 4.69) is 4.74 Å². The predicted octanol–water partition coefficient (Wildman–Crippen LogP) is 4.40. The molecule has 0 aliphatic carbocycles. The van der Waals surface area contributed by atoms with Gasteiger partial charge in [-0.05, 0) is 45.9 Å². The summed E-state index contributed by atoms with van der Waals surface area (Å²) in [4.78, 5) is 21.2. The third-order valence-electron chi connectivity index (χ3n) is 1.53. The highest BCUT2D eigenvalue weighted by atomic mass is 36.0. The van der Waals surface area contributed by atoms with Crippen molar-refractivity contribution in [3.05, 3.63) is 39.9 Å². The Morgan fingerprint density at radius 1 is 1.25 bits per heavy atom. The molecule has 0 radical (unpaired) electrons. The lowest BCUT2D eigenvalue weighted by atomic mass is 10.2. The second-order valence-electron chi connectivity index (χ2n) is 2.63. The predicted molar refractivity (Wildman–Crippen MR) is 64.3 cm³/mol. The Hall–Kier alpha value is -0.610. The van der Waals surface area contributed by atoms with Gasteiger partial charge in [-0.2, -0.15) is 4.74 Å². The van der Waals surface area contributed by atoms with Crippen molar-refractivity contribution in [2.75, 3.05) is 0 Å². The number of nitrogens with zero attached hydrogens (tertiary/aromatic N) is 2. The number of amides is 1. The lowest BCUT2D eigenvalue weighted by molar-refractivity contribution is -0.384. The molecule has 0 saturated heterocycles. The van der Waals surface area contributed by atoms with Crippen LogP contribution in [-0.4, -0.2) is 10.8 Å². The van der Waals surface area contributed by atoms with Crippen LogP contribution in [0.1, 0.15) is 10.4 Å². The average molecular weight is 301 g/mol. The Morgan fingerprint density at radius 3 is 2.12 bits per heavy atom. The molecule has 0 heterocycles. The zero-order valence-corrected chi connectivity index (χ0v) is 10.7. The van der Waals surface area contributed by atoms with Gasteiger partial charge in [-0.15, -0.1) is 0 Å². The molecule has 1 rings (SSSR count). The summed E-state index contributed by atoms with van der Waals surface area (Å²) in [6.45, 7) is 0. The van der Waals surface area contributed by atoms with E-state index in [0.29, 0.717) is 0 Å². The quantitative estimate of drug-likeness (QED) is 0.462. The van der Waals surface area contributed by atoms with E-state index in [1.807, 2.05) is 0 Å². The van der Waals surface area contributed by atoms with Crippen molar-refractivity contribution < 1.29 is 9.72 Å². The van der Waals surface area contributed by atoms with Crippen LogP contribution < -0.4 is 0 Å². The molecule has 1 amide bonds. The minimum atomic E-state index is -3.11. The summed E-state index contributed by atoms with van der Waals surface area (Å²) in [5, 5.41) is 7.24. The van der Waals surface area contributed by atoms with Crippen LogP contribution in [0.15, 0.2) is 29.0 Å². The van der Waals surface area contributed by atoms with Crippen molar-refractivity contribution in [3.8, 4) is 0 Å². The number of halogens is 3. The number of nitro groups is 1. The second-order valence-corrected chi connectivity index (χ2v) is 9.63. The van der Waals surface area contributed by atoms with Gasteiger partial charge in [-0.3, -0.25) is 14.9 Å². The number of hydrogen-bond acceptors (Lipinski definition) is 3. The SMILES string of the molecule is O=C(N=P(Cl)(Cl)Cl)c1ccc([N+](=O)[O-])cc1. The number of nitro benzene ring substituents is 1. The first-order valence-corrected chi connectivity index (χ1v) is 8.25. The summed E-state index contributed by atoms with van der Waals surface area (Å²) in [6.07, 6.45) is 0. The molecule has 0 spiro atoms. The molecule has 1 aromatic rings. The van der Waals surface area contributed by atoms with Gasteiger partial charge in [0.25, 0.3) is 11.6 Å². The topological polar surface area (TPSA) is 72.6 Å². The maximum atomic E-state index is 11.4. The average Bonchev–Trinajstić information content (AvgIpc) is 2.15. The van der Waals surface area contributed by atoms with E-state index in [0.717, 1.165) is 0 Å². The maximum Gasteiger partial charge on any atom is 0.278 e.